The second-order valence-electron chi connectivity index (χ2n) is 13.0. The number of piperazine rings is 1. The number of hydrogen-bond acceptors (Lipinski definition) is 9. The summed E-state index contributed by atoms with van der Waals surface area (Å²) >= 11 is 3.58. The number of piperidine rings is 1. The maximum atomic E-state index is 13.4. The first-order chi connectivity index (χ1) is 22.6. The molecule has 0 amide bonds. The number of nitrogens with zero attached hydrogens (tertiary/aromatic N) is 5. The first-order valence-electron chi connectivity index (χ1n) is 16.4. The van der Waals surface area contributed by atoms with Crippen LogP contribution < -0.4 is 20.8 Å². The standard InChI is InChI=1S/C36H45BrN7O2P/c1-5-25-21-31(33(45)23-32(25)44-15-13-28(14-16-44)43-19-17-42(2)18-20-43)40-36-38-24-29(37)35(41-36)39-30-12-11-27(22-34(30)47(3,4)46)26-9-7-6-8-10-26/h6-12,21-24,28,45H,5,13-20H2,1-4H3,(H2,38,39,40,41). The number of anilines is 5. The molecule has 0 unspecified atom stereocenters. The van der Waals surface area contributed by atoms with E-state index in [0.29, 0.717) is 28.0 Å². The molecule has 6 rings (SSSR count). The molecule has 2 aliphatic heterocycles. The van der Waals surface area contributed by atoms with E-state index < -0.39 is 7.14 Å². The van der Waals surface area contributed by atoms with Gasteiger partial charge in [-0.05, 0) is 90.5 Å². The van der Waals surface area contributed by atoms with Crippen LogP contribution in [0.4, 0.5) is 28.8 Å². The highest BCUT2D eigenvalue weighted by Crippen LogP contribution is 2.41. The topological polar surface area (TPSA) is 96.9 Å². The molecule has 0 aliphatic carbocycles. The molecule has 4 aromatic rings. The van der Waals surface area contributed by atoms with Crippen LogP contribution in [-0.4, -0.2) is 90.6 Å². The predicted octanol–water partition coefficient (Wildman–Crippen LogP) is 7.13. The highest BCUT2D eigenvalue weighted by Gasteiger charge is 2.28. The molecule has 2 fully saturated rings. The lowest BCUT2D eigenvalue weighted by molar-refractivity contribution is 0.0982. The lowest BCUT2D eigenvalue weighted by atomic mass is 9.99. The number of aryl methyl sites for hydroxylation is 1. The number of phenolic OH excluding ortho intramolecular Hbond substituents is 1. The van der Waals surface area contributed by atoms with Crippen LogP contribution in [-0.2, 0) is 11.0 Å². The minimum Gasteiger partial charge on any atom is -0.506 e. The van der Waals surface area contributed by atoms with E-state index >= 15 is 0 Å². The third-order valence-corrected chi connectivity index (χ3v) is 11.5. The van der Waals surface area contributed by atoms with E-state index in [4.69, 9.17) is 4.98 Å². The quantitative estimate of drug-likeness (QED) is 0.124. The van der Waals surface area contributed by atoms with Crippen LogP contribution in [0.2, 0.25) is 0 Å². The number of hydrogen-bond donors (Lipinski definition) is 3. The minimum absolute atomic E-state index is 0.163. The Morgan fingerprint density at radius 2 is 1.64 bits per heavy atom. The summed E-state index contributed by atoms with van der Waals surface area (Å²) in [5.41, 5.74) is 5.62. The molecule has 3 aromatic carbocycles. The van der Waals surface area contributed by atoms with Crippen LogP contribution in [0, 0.1) is 0 Å². The second kappa shape index (κ2) is 14.4. The highest BCUT2D eigenvalue weighted by atomic mass is 79.9. The van der Waals surface area contributed by atoms with Crippen LogP contribution >= 0.6 is 23.1 Å². The second-order valence-corrected chi connectivity index (χ2v) is 17.0. The van der Waals surface area contributed by atoms with E-state index in [1.54, 1.807) is 19.5 Å². The Hall–Kier alpha value is -3.43. The first kappa shape index (κ1) is 33.5. The minimum atomic E-state index is -2.65. The maximum Gasteiger partial charge on any atom is 0.229 e. The number of aromatic nitrogens is 2. The highest BCUT2D eigenvalue weighted by molar-refractivity contribution is 9.10. The van der Waals surface area contributed by atoms with Gasteiger partial charge in [-0.15, -0.1) is 0 Å². The lowest BCUT2D eigenvalue weighted by Crippen LogP contribution is -2.52. The summed E-state index contributed by atoms with van der Waals surface area (Å²) in [4.78, 5) is 16.7. The van der Waals surface area contributed by atoms with E-state index in [1.807, 2.05) is 60.7 Å². The van der Waals surface area contributed by atoms with Crippen molar-refractivity contribution in [2.24, 2.45) is 0 Å². The van der Waals surface area contributed by atoms with Crippen LogP contribution in [0.15, 0.2) is 71.3 Å². The largest absolute Gasteiger partial charge is 0.506 e. The van der Waals surface area contributed by atoms with Crippen molar-refractivity contribution < 1.29 is 9.67 Å². The number of benzene rings is 3. The summed E-state index contributed by atoms with van der Waals surface area (Å²) in [6.45, 7) is 12.3. The van der Waals surface area contributed by atoms with Gasteiger partial charge in [-0.25, -0.2) is 4.98 Å². The predicted molar refractivity (Wildman–Crippen MR) is 199 cm³/mol. The number of likely N-dealkylation sites (N-methyl/N-ethyl adjacent to an activating group) is 1. The Labute approximate surface area is 286 Å². The number of nitrogens with one attached hydrogen (secondary N) is 2. The molecule has 9 nitrogen and oxygen atoms in total. The summed E-state index contributed by atoms with van der Waals surface area (Å²) in [7, 11) is -0.442. The normalized spacial score (nSPS) is 16.7. The third-order valence-electron chi connectivity index (χ3n) is 9.37. The monoisotopic (exact) mass is 717 g/mol. The molecule has 0 bridgehead atoms. The van der Waals surface area contributed by atoms with Crippen LogP contribution in [0.3, 0.4) is 0 Å². The molecule has 3 heterocycles. The van der Waals surface area contributed by atoms with Gasteiger partial charge in [-0.2, -0.15) is 4.98 Å². The lowest BCUT2D eigenvalue weighted by Gasteiger charge is -2.43. The molecule has 0 radical (unpaired) electrons. The van der Waals surface area contributed by atoms with Gasteiger partial charge in [0.15, 0.2) is 0 Å². The van der Waals surface area contributed by atoms with E-state index in [1.165, 1.54) is 5.56 Å². The van der Waals surface area contributed by atoms with Gasteiger partial charge in [-0.3, -0.25) is 4.90 Å². The van der Waals surface area contributed by atoms with Gasteiger partial charge in [0.2, 0.25) is 5.95 Å². The summed E-state index contributed by atoms with van der Waals surface area (Å²) < 4.78 is 14.1. The van der Waals surface area contributed by atoms with E-state index in [2.05, 4.69) is 60.2 Å². The molecule has 47 heavy (non-hydrogen) atoms. The third kappa shape index (κ3) is 7.83. The summed E-state index contributed by atoms with van der Waals surface area (Å²) in [5, 5.41) is 18.5. The Morgan fingerprint density at radius 3 is 2.32 bits per heavy atom. The molecule has 3 N–H and O–H groups in total. The van der Waals surface area contributed by atoms with E-state index in [9.17, 15) is 9.67 Å². The number of phenols is 1. The van der Waals surface area contributed by atoms with Crippen LogP contribution in [0.25, 0.3) is 11.1 Å². The molecule has 2 saturated heterocycles. The Balaban J connectivity index is 1.19. The molecule has 1 aromatic heterocycles. The SMILES string of the molecule is CCc1cc(Nc2ncc(Br)c(Nc3ccc(-c4ccccc4)cc3P(C)(C)=O)n2)c(O)cc1N1CCC(N2CCN(C)CC2)CC1. The average Bonchev–Trinajstić information content (AvgIpc) is 3.07. The first-order valence-corrected chi connectivity index (χ1v) is 19.8. The van der Waals surface area contributed by atoms with Crippen molar-refractivity contribution in [2.75, 3.05) is 75.2 Å². The van der Waals surface area contributed by atoms with E-state index in [0.717, 1.165) is 86.3 Å². The van der Waals surface area contributed by atoms with Gasteiger partial charge in [0, 0.05) is 68.6 Å². The van der Waals surface area contributed by atoms with Crippen molar-refractivity contribution in [2.45, 2.75) is 32.2 Å². The Morgan fingerprint density at radius 1 is 0.915 bits per heavy atom. The Bertz CT molecular complexity index is 1750. The molecule has 248 valence electrons. The van der Waals surface area contributed by atoms with Crippen LogP contribution in [0.5, 0.6) is 5.75 Å². The zero-order valence-electron chi connectivity index (χ0n) is 27.7. The van der Waals surface area contributed by atoms with Gasteiger partial charge >= 0.3 is 0 Å². The molecule has 0 saturated carbocycles. The van der Waals surface area contributed by atoms with Gasteiger partial charge in [-0.1, -0.05) is 43.3 Å². The van der Waals surface area contributed by atoms with E-state index in [-0.39, 0.29) is 5.75 Å². The fourth-order valence-corrected chi connectivity index (χ4v) is 8.07. The van der Waals surface area contributed by atoms with Gasteiger partial charge < -0.3 is 30.1 Å². The smallest absolute Gasteiger partial charge is 0.229 e. The molecule has 2 aliphatic rings. The van der Waals surface area contributed by atoms with Crippen molar-refractivity contribution in [3.05, 3.63) is 76.9 Å². The van der Waals surface area contributed by atoms with Crippen molar-refractivity contribution >= 4 is 57.2 Å². The number of aromatic hydroxyl groups is 1. The van der Waals surface area contributed by atoms with Crippen molar-refractivity contribution in [3.63, 3.8) is 0 Å². The fraction of sp³-hybridized carbons (Fsp3) is 0.389. The number of rotatable bonds is 9. The Kier molecular flexibility index (Phi) is 10.2. The zero-order chi connectivity index (χ0) is 33.1. The molecule has 11 heteroatoms. The maximum absolute atomic E-state index is 13.4. The fourth-order valence-electron chi connectivity index (χ4n) is 6.61. The van der Waals surface area contributed by atoms with Crippen molar-refractivity contribution in [1.29, 1.82) is 0 Å². The van der Waals surface area contributed by atoms with Gasteiger partial charge in [0.05, 0.1) is 15.8 Å². The summed E-state index contributed by atoms with van der Waals surface area (Å²) in [5.74, 6) is 1.03. The molecule has 0 spiro atoms. The van der Waals surface area contributed by atoms with Crippen molar-refractivity contribution in [3.8, 4) is 16.9 Å². The molecular formula is C36H45BrN7O2P. The molecular weight excluding hydrogens is 673 g/mol. The van der Waals surface area contributed by atoms with Crippen LogP contribution in [0.1, 0.15) is 25.3 Å². The molecule has 0 atom stereocenters. The van der Waals surface area contributed by atoms with Gasteiger partial charge in [0.1, 0.15) is 18.7 Å². The zero-order valence-corrected chi connectivity index (χ0v) is 30.2. The number of halogens is 1. The van der Waals surface area contributed by atoms with Gasteiger partial charge in [0.25, 0.3) is 0 Å². The summed E-state index contributed by atoms with van der Waals surface area (Å²) in [6, 6.07) is 20.6. The summed E-state index contributed by atoms with van der Waals surface area (Å²) in [6.07, 6.45) is 4.78. The average molecular weight is 719 g/mol. The van der Waals surface area contributed by atoms with Crippen molar-refractivity contribution in [1.82, 2.24) is 19.8 Å².